The summed E-state index contributed by atoms with van der Waals surface area (Å²) in [7, 11) is -1.17. The van der Waals surface area contributed by atoms with Gasteiger partial charge in [0.2, 0.25) is 0 Å². The van der Waals surface area contributed by atoms with Crippen molar-refractivity contribution < 1.29 is 0 Å². The third-order valence-corrected chi connectivity index (χ3v) is 10.2. The molecule has 1 heteroatoms. The van der Waals surface area contributed by atoms with Crippen LogP contribution in [0.4, 0.5) is 0 Å². The van der Waals surface area contributed by atoms with Gasteiger partial charge in [-0.05, 0) is 18.9 Å². The van der Waals surface area contributed by atoms with Crippen LogP contribution < -0.4 is 0 Å². The molecule has 0 aromatic heterocycles. The summed E-state index contributed by atoms with van der Waals surface area (Å²) in [6, 6.07) is 15.0. The first-order valence-corrected chi connectivity index (χ1v) is 9.54. The fourth-order valence-corrected chi connectivity index (χ4v) is 6.90. The molecule has 0 nitrogen and oxygen atoms in total. The highest BCUT2D eigenvalue weighted by Crippen LogP contribution is 2.30. The molecule has 0 spiro atoms. The summed E-state index contributed by atoms with van der Waals surface area (Å²) >= 11 is 0. The molecular formula is C16H26Si. The fourth-order valence-electron chi connectivity index (χ4n) is 2.84. The zero-order valence-electron chi connectivity index (χ0n) is 11.8. The minimum absolute atomic E-state index is 1.17. The van der Waals surface area contributed by atoms with Crippen LogP contribution in [-0.2, 0) is 6.42 Å². The summed E-state index contributed by atoms with van der Waals surface area (Å²) in [5.41, 5.74) is 1.47. The first-order chi connectivity index (χ1) is 8.22. The van der Waals surface area contributed by atoms with E-state index in [4.69, 9.17) is 0 Å². The Morgan fingerprint density at radius 3 is 1.94 bits per heavy atom. The van der Waals surface area contributed by atoms with Gasteiger partial charge in [-0.1, -0.05) is 80.5 Å². The van der Waals surface area contributed by atoms with Gasteiger partial charge in [-0.2, -0.15) is 0 Å². The van der Waals surface area contributed by atoms with Crippen molar-refractivity contribution in [3.8, 4) is 0 Å². The second kappa shape index (κ2) is 6.80. The van der Waals surface area contributed by atoms with Crippen molar-refractivity contribution in [1.29, 1.82) is 0 Å². The lowest BCUT2D eigenvalue weighted by atomic mass is 10.1. The van der Waals surface area contributed by atoms with E-state index < -0.39 is 8.07 Å². The van der Waals surface area contributed by atoms with Gasteiger partial charge in [0.1, 0.15) is 0 Å². The average Bonchev–Trinajstić information content (AvgIpc) is 2.41. The Kier molecular flexibility index (Phi) is 5.70. The molecular weight excluding hydrogens is 220 g/mol. The van der Waals surface area contributed by atoms with Crippen LogP contribution in [0.1, 0.15) is 33.3 Å². The average molecular weight is 246 g/mol. The smallest absolute Gasteiger partial charge is 0.0807 e. The second-order valence-electron chi connectivity index (χ2n) is 4.82. The van der Waals surface area contributed by atoms with Crippen LogP contribution in [0.15, 0.2) is 41.6 Å². The molecule has 0 saturated carbocycles. The second-order valence-corrected chi connectivity index (χ2v) is 10.1. The molecule has 1 aromatic carbocycles. The molecule has 0 amide bonds. The van der Waals surface area contributed by atoms with Crippen molar-refractivity contribution in [3.05, 3.63) is 47.2 Å². The molecule has 0 radical (unpaired) electrons. The lowest BCUT2D eigenvalue weighted by Gasteiger charge is -2.31. The summed E-state index contributed by atoms with van der Waals surface area (Å²) in [5, 5.41) is 1.75. The highest BCUT2D eigenvalue weighted by molar-refractivity contribution is 6.86. The fraction of sp³-hybridized carbons (Fsp3) is 0.500. The number of hydrogen-bond donors (Lipinski definition) is 0. The molecule has 0 aliphatic rings. The molecule has 1 rings (SSSR count). The molecule has 0 fully saturated rings. The predicted octanol–water partition coefficient (Wildman–Crippen LogP) is 5.22. The van der Waals surface area contributed by atoms with Gasteiger partial charge in [-0.3, -0.25) is 0 Å². The Morgan fingerprint density at radius 2 is 1.53 bits per heavy atom. The maximum atomic E-state index is 2.40. The third kappa shape index (κ3) is 3.32. The molecule has 94 valence electrons. The van der Waals surface area contributed by atoms with E-state index in [0.717, 1.165) is 0 Å². The summed E-state index contributed by atoms with van der Waals surface area (Å²) < 4.78 is 0. The maximum absolute atomic E-state index is 2.40. The van der Waals surface area contributed by atoms with Crippen LogP contribution in [-0.4, -0.2) is 8.07 Å². The lowest BCUT2D eigenvalue weighted by molar-refractivity contribution is 1.11. The first kappa shape index (κ1) is 14.2. The van der Waals surface area contributed by atoms with E-state index in [1.165, 1.54) is 30.1 Å². The zero-order chi connectivity index (χ0) is 12.7. The molecule has 0 aliphatic heterocycles. The molecule has 1 aromatic rings. The van der Waals surface area contributed by atoms with Crippen molar-refractivity contribution in [2.75, 3.05) is 0 Å². The zero-order valence-corrected chi connectivity index (χ0v) is 12.8. The SMILES string of the molecule is C/C=C(/Cc1ccccc1)[Si](CC)(CC)CC. The molecule has 0 N–H and O–H groups in total. The highest BCUT2D eigenvalue weighted by Gasteiger charge is 2.30. The van der Waals surface area contributed by atoms with E-state index in [9.17, 15) is 0 Å². The summed E-state index contributed by atoms with van der Waals surface area (Å²) in [6.45, 7) is 9.37. The van der Waals surface area contributed by atoms with Crippen LogP contribution in [0.5, 0.6) is 0 Å². The molecule has 0 atom stereocenters. The molecule has 0 aliphatic carbocycles. The van der Waals surface area contributed by atoms with Crippen LogP contribution >= 0.6 is 0 Å². The Balaban J connectivity index is 2.92. The van der Waals surface area contributed by atoms with Crippen LogP contribution in [0.25, 0.3) is 0 Å². The number of allylic oxidation sites excluding steroid dienone is 2. The summed E-state index contributed by atoms with van der Waals surface area (Å²) in [5.74, 6) is 0. The molecule has 0 heterocycles. The first-order valence-electron chi connectivity index (χ1n) is 6.92. The Morgan fingerprint density at radius 1 is 1.00 bits per heavy atom. The summed E-state index contributed by atoms with van der Waals surface area (Å²) in [6.07, 6.45) is 3.56. The Labute approximate surface area is 108 Å². The third-order valence-electron chi connectivity index (χ3n) is 4.30. The normalized spacial score (nSPS) is 12.8. The van der Waals surface area contributed by atoms with Crippen molar-refractivity contribution >= 4 is 8.07 Å². The Bertz CT molecular complexity index is 339. The lowest BCUT2D eigenvalue weighted by Crippen LogP contribution is -2.35. The van der Waals surface area contributed by atoms with Gasteiger partial charge in [0.15, 0.2) is 0 Å². The number of rotatable bonds is 6. The van der Waals surface area contributed by atoms with E-state index in [1.54, 1.807) is 5.20 Å². The largest absolute Gasteiger partial charge is 0.0919 e. The molecule has 0 saturated heterocycles. The molecule has 0 unspecified atom stereocenters. The minimum Gasteiger partial charge on any atom is -0.0919 e. The van der Waals surface area contributed by atoms with E-state index in [1.807, 2.05) is 0 Å². The van der Waals surface area contributed by atoms with Gasteiger partial charge in [0.25, 0.3) is 0 Å². The molecule has 17 heavy (non-hydrogen) atoms. The van der Waals surface area contributed by atoms with Gasteiger partial charge in [0, 0.05) is 0 Å². The standard InChI is InChI=1S/C16H26Si/c1-5-16(17(6-2,7-3)8-4)14-15-12-10-9-11-13-15/h5,9-13H,6-8,14H2,1-4H3/b16-5-. The van der Waals surface area contributed by atoms with E-state index >= 15 is 0 Å². The predicted molar refractivity (Wildman–Crippen MR) is 81.1 cm³/mol. The van der Waals surface area contributed by atoms with Gasteiger partial charge in [-0.15, -0.1) is 0 Å². The van der Waals surface area contributed by atoms with E-state index in [-0.39, 0.29) is 0 Å². The number of hydrogen-bond acceptors (Lipinski definition) is 0. The quantitative estimate of drug-likeness (QED) is 0.603. The van der Waals surface area contributed by atoms with Crippen molar-refractivity contribution in [1.82, 2.24) is 0 Å². The van der Waals surface area contributed by atoms with Gasteiger partial charge in [0.05, 0.1) is 8.07 Å². The Hall–Kier alpha value is -0.823. The van der Waals surface area contributed by atoms with Crippen molar-refractivity contribution in [3.63, 3.8) is 0 Å². The topological polar surface area (TPSA) is 0 Å². The molecule has 0 bridgehead atoms. The monoisotopic (exact) mass is 246 g/mol. The summed E-state index contributed by atoms with van der Waals surface area (Å²) in [4.78, 5) is 0. The van der Waals surface area contributed by atoms with Crippen molar-refractivity contribution in [2.24, 2.45) is 0 Å². The van der Waals surface area contributed by atoms with Crippen molar-refractivity contribution in [2.45, 2.75) is 52.2 Å². The van der Waals surface area contributed by atoms with E-state index in [0.29, 0.717) is 0 Å². The van der Waals surface area contributed by atoms with E-state index in [2.05, 4.69) is 64.1 Å². The van der Waals surface area contributed by atoms with Gasteiger partial charge >= 0.3 is 0 Å². The van der Waals surface area contributed by atoms with Crippen LogP contribution in [0.3, 0.4) is 0 Å². The maximum Gasteiger partial charge on any atom is 0.0807 e. The van der Waals surface area contributed by atoms with Crippen LogP contribution in [0.2, 0.25) is 18.1 Å². The number of benzene rings is 1. The van der Waals surface area contributed by atoms with Gasteiger partial charge in [-0.25, -0.2) is 0 Å². The highest BCUT2D eigenvalue weighted by atomic mass is 28.3. The van der Waals surface area contributed by atoms with Gasteiger partial charge < -0.3 is 0 Å². The van der Waals surface area contributed by atoms with Crippen LogP contribution in [0, 0.1) is 0 Å². The minimum atomic E-state index is -1.17.